The summed E-state index contributed by atoms with van der Waals surface area (Å²) in [6.07, 6.45) is -2.36. The van der Waals surface area contributed by atoms with Crippen LogP contribution in [0.5, 0.6) is 5.75 Å². The smallest absolute Gasteiger partial charge is 0.405 e. The minimum Gasteiger partial charge on any atom is -0.405 e. The summed E-state index contributed by atoms with van der Waals surface area (Å²) in [5.74, 6) is -0.525. The molecule has 0 saturated carbocycles. The van der Waals surface area contributed by atoms with E-state index < -0.39 is 6.36 Å². The van der Waals surface area contributed by atoms with E-state index in [4.69, 9.17) is 5.73 Å². The summed E-state index contributed by atoms with van der Waals surface area (Å²) in [7, 11) is 3.80. The molecule has 37 heavy (non-hydrogen) atoms. The molecule has 2 aromatic heterocycles. The molecule has 4 aromatic rings. The molecule has 11 heteroatoms. The molecule has 1 atom stereocenters. The first-order chi connectivity index (χ1) is 17.6. The summed E-state index contributed by atoms with van der Waals surface area (Å²) < 4.78 is 43.1. The Balaban J connectivity index is 1.52. The van der Waals surface area contributed by atoms with Crippen LogP contribution in [0.4, 0.5) is 18.9 Å². The number of nitrogens with one attached hydrogen (secondary N) is 1. The van der Waals surface area contributed by atoms with E-state index in [2.05, 4.69) is 24.8 Å². The van der Waals surface area contributed by atoms with Crippen molar-refractivity contribution in [1.29, 1.82) is 0 Å². The van der Waals surface area contributed by atoms with Crippen molar-refractivity contribution >= 4 is 22.6 Å². The normalized spacial score (nSPS) is 16.3. The highest BCUT2D eigenvalue weighted by atomic mass is 19.4. The standard InChI is InChI=1S/C26H25F3N6O2/c1-34-10-9-17(14-34)35(2)25(36)19-11-15(7-8-21(19)30)16-12-20-23(32-33-24(20)31-13-16)18-5-3-4-6-22(18)37-26(27,28)29/h3-8,11-13,17H,9-10,14,30H2,1-2H3,(H,31,32,33). The third kappa shape index (κ3) is 4.94. The molecule has 8 nitrogen and oxygen atoms in total. The fourth-order valence-electron chi connectivity index (χ4n) is 4.65. The molecule has 1 amide bonds. The number of nitrogens with two attached hydrogens (primary N) is 1. The number of fused-ring (bicyclic) bond motifs is 1. The minimum absolute atomic E-state index is 0.103. The van der Waals surface area contributed by atoms with Gasteiger partial charge in [0.15, 0.2) is 5.65 Å². The van der Waals surface area contributed by atoms with Gasteiger partial charge in [0.1, 0.15) is 5.75 Å². The third-order valence-electron chi connectivity index (χ3n) is 6.64. The number of aromatic nitrogens is 3. The van der Waals surface area contributed by atoms with Gasteiger partial charge in [0.05, 0.1) is 11.3 Å². The quantitative estimate of drug-likeness (QED) is 0.382. The van der Waals surface area contributed by atoms with Gasteiger partial charge in [-0.25, -0.2) is 4.98 Å². The van der Waals surface area contributed by atoms with E-state index in [1.807, 2.05) is 7.05 Å². The highest BCUT2D eigenvalue weighted by Gasteiger charge is 2.32. The number of amides is 1. The lowest BCUT2D eigenvalue weighted by Crippen LogP contribution is -2.38. The molecule has 3 heterocycles. The monoisotopic (exact) mass is 510 g/mol. The zero-order valence-corrected chi connectivity index (χ0v) is 20.2. The van der Waals surface area contributed by atoms with Crippen molar-refractivity contribution in [1.82, 2.24) is 25.0 Å². The maximum absolute atomic E-state index is 13.3. The molecule has 2 aromatic carbocycles. The summed E-state index contributed by atoms with van der Waals surface area (Å²) in [6, 6.07) is 12.9. The molecule has 0 aliphatic carbocycles. The van der Waals surface area contributed by atoms with E-state index in [0.29, 0.717) is 39.1 Å². The van der Waals surface area contributed by atoms with Crippen LogP contribution >= 0.6 is 0 Å². The number of likely N-dealkylation sites (tertiary alicyclic amines) is 1. The van der Waals surface area contributed by atoms with Crippen LogP contribution < -0.4 is 10.5 Å². The summed E-state index contributed by atoms with van der Waals surface area (Å²) in [6.45, 7) is 1.72. The molecule has 0 bridgehead atoms. The Labute approximate surface area is 210 Å². The van der Waals surface area contributed by atoms with Gasteiger partial charge < -0.3 is 20.3 Å². The first kappa shape index (κ1) is 24.6. The van der Waals surface area contributed by atoms with E-state index in [1.165, 1.54) is 18.2 Å². The second-order valence-corrected chi connectivity index (χ2v) is 9.16. The number of alkyl halides is 3. The van der Waals surface area contributed by atoms with Crippen molar-refractivity contribution in [3.8, 4) is 28.1 Å². The Kier molecular flexibility index (Phi) is 6.24. The number of nitrogen functional groups attached to an aromatic ring is 1. The van der Waals surface area contributed by atoms with Crippen LogP contribution in [0.3, 0.4) is 0 Å². The highest BCUT2D eigenvalue weighted by Crippen LogP contribution is 2.37. The number of rotatable bonds is 5. The van der Waals surface area contributed by atoms with Gasteiger partial charge in [-0.1, -0.05) is 18.2 Å². The molecule has 1 aliphatic heterocycles. The number of aromatic amines is 1. The van der Waals surface area contributed by atoms with Crippen molar-refractivity contribution in [2.45, 2.75) is 18.8 Å². The van der Waals surface area contributed by atoms with Crippen LogP contribution in [0.2, 0.25) is 0 Å². The summed E-state index contributed by atoms with van der Waals surface area (Å²) in [4.78, 5) is 21.6. The van der Waals surface area contributed by atoms with Gasteiger partial charge in [-0.2, -0.15) is 5.10 Å². The molecule has 0 radical (unpaired) electrons. The predicted octanol–water partition coefficient (Wildman–Crippen LogP) is 4.55. The average molecular weight is 511 g/mol. The highest BCUT2D eigenvalue weighted by molar-refractivity contribution is 6.01. The Bertz CT molecular complexity index is 1470. The molecule has 1 aliphatic rings. The van der Waals surface area contributed by atoms with Crippen molar-refractivity contribution < 1.29 is 22.7 Å². The SMILES string of the molecule is CN1CCC(N(C)C(=O)c2cc(-c3cnc4n[nH]c(-c5ccccc5OC(F)(F)F)c4c3)ccc2N)C1. The second-order valence-electron chi connectivity index (χ2n) is 9.16. The molecule has 1 unspecified atom stereocenters. The number of pyridine rings is 1. The van der Waals surface area contributed by atoms with Gasteiger partial charge in [-0.3, -0.25) is 9.89 Å². The third-order valence-corrected chi connectivity index (χ3v) is 6.64. The number of nitrogens with zero attached hydrogens (tertiary/aromatic N) is 4. The number of likely N-dealkylation sites (N-methyl/N-ethyl adjacent to an activating group) is 2. The fourth-order valence-corrected chi connectivity index (χ4v) is 4.65. The Morgan fingerprint density at radius 3 is 2.70 bits per heavy atom. The van der Waals surface area contributed by atoms with Crippen LogP contribution in [-0.2, 0) is 0 Å². The average Bonchev–Trinajstić information content (AvgIpc) is 3.48. The van der Waals surface area contributed by atoms with Crippen molar-refractivity contribution in [2.75, 3.05) is 32.9 Å². The largest absolute Gasteiger partial charge is 0.573 e. The number of carbonyl (C=O) groups excluding carboxylic acids is 1. The van der Waals surface area contributed by atoms with Gasteiger partial charge in [0.2, 0.25) is 0 Å². The lowest BCUT2D eigenvalue weighted by Gasteiger charge is -2.25. The predicted molar refractivity (Wildman–Crippen MR) is 134 cm³/mol. The molecule has 1 fully saturated rings. The Morgan fingerprint density at radius 2 is 1.97 bits per heavy atom. The molecular formula is C26H25F3N6O2. The van der Waals surface area contributed by atoms with Gasteiger partial charge >= 0.3 is 6.36 Å². The molecular weight excluding hydrogens is 485 g/mol. The summed E-state index contributed by atoms with van der Waals surface area (Å²) >= 11 is 0. The molecule has 5 rings (SSSR count). The van der Waals surface area contributed by atoms with Gasteiger partial charge in [0.25, 0.3) is 5.91 Å². The molecule has 192 valence electrons. The Morgan fingerprint density at radius 1 is 1.19 bits per heavy atom. The van der Waals surface area contributed by atoms with Crippen molar-refractivity contribution in [3.05, 3.63) is 60.3 Å². The topological polar surface area (TPSA) is 100 Å². The van der Waals surface area contributed by atoms with E-state index >= 15 is 0 Å². The summed E-state index contributed by atoms with van der Waals surface area (Å²) in [5, 5.41) is 7.43. The lowest BCUT2D eigenvalue weighted by molar-refractivity contribution is -0.274. The van der Waals surface area contributed by atoms with E-state index in [-0.39, 0.29) is 23.3 Å². The van der Waals surface area contributed by atoms with Crippen LogP contribution in [0.15, 0.2) is 54.7 Å². The lowest BCUT2D eigenvalue weighted by atomic mass is 10.00. The minimum atomic E-state index is -4.84. The van der Waals surface area contributed by atoms with E-state index in [1.54, 1.807) is 48.5 Å². The zero-order chi connectivity index (χ0) is 26.3. The number of ether oxygens (including phenoxy) is 1. The Hall–Kier alpha value is -4.12. The number of hydrogen-bond donors (Lipinski definition) is 2. The van der Waals surface area contributed by atoms with Gasteiger partial charge in [-0.15, -0.1) is 13.2 Å². The molecule has 1 saturated heterocycles. The van der Waals surface area contributed by atoms with Crippen LogP contribution in [0.25, 0.3) is 33.4 Å². The van der Waals surface area contributed by atoms with Crippen molar-refractivity contribution in [2.24, 2.45) is 0 Å². The number of hydrogen-bond acceptors (Lipinski definition) is 6. The van der Waals surface area contributed by atoms with E-state index in [0.717, 1.165) is 19.5 Å². The molecule has 0 spiro atoms. The number of anilines is 1. The zero-order valence-electron chi connectivity index (χ0n) is 20.2. The van der Waals surface area contributed by atoms with E-state index in [9.17, 15) is 18.0 Å². The first-order valence-corrected chi connectivity index (χ1v) is 11.7. The number of H-pyrrole nitrogens is 1. The maximum Gasteiger partial charge on any atom is 0.573 e. The molecule has 3 N–H and O–H groups in total. The van der Waals surface area contributed by atoms with Gasteiger partial charge in [-0.05, 0) is 55.9 Å². The van der Waals surface area contributed by atoms with Crippen LogP contribution in [0, 0.1) is 0 Å². The fraction of sp³-hybridized carbons (Fsp3) is 0.269. The van der Waals surface area contributed by atoms with Crippen molar-refractivity contribution in [3.63, 3.8) is 0 Å². The number of benzene rings is 2. The number of para-hydroxylation sites is 1. The number of halogens is 3. The number of carbonyl (C=O) groups is 1. The first-order valence-electron chi connectivity index (χ1n) is 11.7. The maximum atomic E-state index is 13.3. The van der Waals surface area contributed by atoms with Crippen LogP contribution in [-0.4, -0.2) is 70.5 Å². The van der Waals surface area contributed by atoms with Crippen LogP contribution in [0.1, 0.15) is 16.8 Å². The second kappa shape index (κ2) is 9.40. The summed E-state index contributed by atoms with van der Waals surface area (Å²) in [5.41, 5.74) is 9.13. The van der Waals surface area contributed by atoms with Gasteiger partial charge in [0, 0.05) is 48.0 Å².